The minimum absolute atomic E-state index is 0.175. The number of carbonyl (C=O) groups is 1. The number of rotatable bonds is 4. The average molecular weight is 281 g/mol. The van der Waals surface area contributed by atoms with E-state index in [0.29, 0.717) is 0 Å². The Labute approximate surface area is 107 Å². The molecule has 3 N–H and O–H groups in total. The van der Waals surface area contributed by atoms with Crippen molar-refractivity contribution in [1.29, 1.82) is 0 Å². The summed E-state index contributed by atoms with van der Waals surface area (Å²) in [6, 6.07) is 6.11. The van der Waals surface area contributed by atoms with Crippen LogP contribution in [0, 0.1) is 0 Å². The summed E-state index contributed by atoms with van der Waals surface area (Å²) in [5.74, 6) is -0.931. The molecule has 1 aromatic carbocycles. The third-order valence-corrected chi connectivity index (χ3v) is 2.88. The van der Waals surface area contributed by atoms with Gasteiger partial charge in [0, 0.05) is 5.02 Å². The minimum atomic E-state index is -4.45. The largest absolute Gasteiger partial charge is 0.401 e. The van der Waals surface area contributed by atoms with Crippen molar-refractivity contribution in [1.82, 2.24) is 5.32 Å². The van der Waals surface area contributed by atoms with Crippen LogP contribution in [0.5, 0.6) is 0 Å². The normalized spacial score (nSPS) is 15.2. The van der Waals surface area contributed by atoms with Crippen LogP contribution in [0.3, 0.4) is 0 Å². The molecule has 7 heteroatoms. The van der Waals surface area contributed by atoms with E-state index in [1.807, 2.05) is 0 Å². The second-order valence-electron chi connectivity index (χ2n) is 3.94. The number of nitrogens with one attached hydrogen (secondary N) is 1. The molecule has 1 aromatic rings. The van der Waals surface area contributed by atoms with Gasteiger partial charge in [0.1, 0.15) is 5.54 Å². The zero-order valence-corrected chi connectivity index (χ0v) is 10.3. The van der Waals surface area contributed by atoms with Gasteiger partial charge in [-0.2, -0.15) is 13.2 Å². The smallest absolute Gasteiger partial charge is 0.368 e. The summed E-state index contributed by atoms with van der Waals surface area (Å²) >= 11 is 5.87. The minimum Gasteiger partial charge on any atom is -0.368 e. The van der Waals surface area contributed by atoms with E-state index in [1.165, 1.54) is 19.1 Å². The van der Waals surface area contributed by atoms with Crippen LogP contribution < -0.4 is 11.1 Å². The molecule has 0 saturated carbocycles. The lowest BCUT2D eigenvalue weighted by atomic mass is 9.91. The Morgan fingerprint density at radius 2 is 1.94 bits per heavy atom. The van der Waals surface area contributed by atoms with Crippen molar-refractivity contribution in [2.24, 2.45) is 5.73 Å². The first-order valence-corrected chi connectivity index (χ1v) is 5.41. The lowest BCUT2D eigenvalue weighted by Crippen LogP contribution is -2.53. The van der Waals surface area contributed by atoms with Gasteiger partial charge in [-0.25, -0.2) is 0 Å². The summed E-state index contributed by atoms with van der Waals surface area (Å²) in [6.45, 7) is -0.0695. The molecule has 0 aliphatic rings. The number of benzene rings is 1. The molecule has 0 aromatic heterocycles. The third-order valence-electron chi connectivity index (χ3n) is 2.55. The number of nitrogens with two attached hydrogens (primary N) is 1. The number of hydrogen-bond acceptors (Lipinski definition) is 2. The molecular weight excluding hydrogens is 269 g/mol. The Morgan fingerprint density at radius 3 is 2.39 bits per heavy atom. The Morgan fingerprint density at radius 1 is 1.39 bits per heavy atom. The van der Waals surface area contributed by atoms with Crippen LogP contribution in [-0.4, -0.2) is 18.6 Å². The number of carbonyl (C=O) groups excluding carboxylic acids is 1. The first-order chi connectivity index (χ1) is 8.17. The molecule has 1 unspecified atom stereocenters. The Balaban J connectivity index is 3.09. The Bertz CT molecular complexity index is 450. The van der Waals surface area contributed by atoms with Crippen molar-refractivity contribution >= 4 is 17.5 Å². The van der Waals surface area contributed by atoms with E-state index in [4.69, 9.17) is 17.3 Å². The highest BCUT2D eigenvalue weighted by Crippen LogP contribution is 2.28. The monoisotopic (exact) mass is 280 g/mol. The molecule has 3 nitrogen and oxygen atoms in total. The highest BCUT2D eigenvalue weighted by Gasteiger charge is 2.38. The van der Waals surface area contributed by atoms with E-state index in [2.05, 4.69) is 5.32 Å². The maximum Gasteiger partial charge on any atom is 0.401 e. The quantitative estimate of drug-likeness (QED) is 0.888. The summed E-state index contributed by atoms with van der Waals surface area (Å²) in [5.41, 5.74) is 3.71. The topological polar surface area (TPSA) is 55.1 Å². The predicted molar refractivity (Wildman–Crippen MR) is 62.1 cm³/mol. The number of hydrogen-bond donors (Lipinski definition) is 2. The fraction of sp³-hybridized carbons (Fsp3) is 0.364. The molecule has 0 saturated heterocycles. The third kappa shape index (κ3) is 3.36. The maximum atomic E-state index is 12.2. The van der Waals surface area contributed by atoms with E-state index >= 15 is 0 Å². The van der Waals surface area contributed by atoms with Crippen molar-refractivity contribution < 1.29 is 18.0 Å². The van der Waals surface area contributed by atoms with Crippen LogP contribution >= 0.6 is 11.6 Å². The Kier molecular flexibility index (Phi) is 4.24. The highest BCUT2D eigenvalue weighted by atomic mass is 35.5. The van der Waals surface area contributed by atoms with Gasteiger partial charge in [0.25, 0.3) is 0 Å². The van der Waals surface area contributed by atoms with Crippen LogP contribution in [0.2, 0.25) is 5.02 Å². The van der Waals surface area contributed by atoms with E-state index in [0.717, 1.165) is 0 Å². The summed E-state index contributed by atoms with van der Waals surface area (Å²) in [5, 5.41) is 2.28. The molecule has 0 radical (unpaired) electrons. The molecule has 1 atom stereocenters. The fourth-order valence-electron chi connectivity index (χ4n) is 1.46. The van der Waals surface area contributed by atoms with Crippen molar-refractivity contribution in [2.45, 2.75) is 18.6 Å². The van der Waals surface area contributed by atoms with Crippen molar-refractivity contribution in [3.63, 3.8) is 0 Å². The molecule has 0 heterocycles. The van der Waals surface area contributed by atoms with Gasteiger partial charge < -0.3 is 5.73 Å². The molecule has 18 heavy (non-hydrogen) atoms. The second-order valence-corrected chi connectivity index (χ2v) is 4.35. The van der Waals surface area contributed by atoms with Crippen molar-refractivity contribution in [2.75, 3.05) is 6.54 Å². The van der Waals surface area contributed by atoms with Crippen LogP contribution in [0.15, 0.2) is 24.3 Å². The van der Waals surface area contributed by atoms with Crippen LogP contribution in [-0.2, 0) is 10.3 Å². The average Bonchev–Trinajstić information content (AvgIpc) is 2.25. The van der Waals surface area contributed by atoms with Gasteiger partial charge in [-0.15, -0.1) is 0 Å². The van der Waals surface area contributed by atoms with E-state index in [9.17, 15) is 18.0 Å². The number of alkyl halides is 3. The molecule has 100 valence electrons. The van der Waals surface area contributed by atoms with Crippen molar-refractivity contribution in [3.05, 3.63) is 34.9 Å². The molecule has 0 aliphatic heterocycles. The van der Waals surface area contributed by atoms with Gasteiger partial charge in [-0.05, 0) is 18.6 Å². The predicted octanol–water partition coefficient (Wildman–Crippen LogP) is 2.19. The van der Waals surface area contributed by atoms with Gasteiger partial charge in [-0.3, -0.25) is 10.1 Å². The van der Waals surface area contributed by atoms with Gasteiger partial charge in [-0.1, -0.05) is 29.8 Å². The lowest BCUT2D eigenvalue weighted by molar-refractivity contribution is -0.135. The molecule has 0 bridgehead atoms. The fourth-order valence-corrected chi connectivity index (χ4v) is 1.78. The van der Waals surface area contributed by atoms with Gasteiger partial charge in [0.05, 0.1) is 6.54 Å². The summed E-state index contributed by atoms with van der Waals surface area (Å²) in [6.07, 6.45) is -4.45. The van der Waals surface area contributed by atoms with Gasteiger partial charge in [0.15, 0.2) is 0 Å². The molecule has 0 spiro atoms. The zero-order valence-electron chi connectivity index (χ0n) is 9.51. The number of primary amides is 1. The summed E-state index contributed by atoms with van der Waals surface area (Å²) < 4.78 is 36.7. The lowest BCUT2D eigenvalue weighted by Gasteiger charge is -2.29. The molecule has 1 rings (SSSR count). The van der Waals surface area contributed by atoms with E-state index in [-0.39, 0.29) is 10.6 Å². The highest BCUT2D eigenvalue weighted by molar-refractivity contribution is 6.31. The van der Waals surface area contributed by atoms with E-state index < -0.39 is 24.2 Å². The standard InChI is InChI=1S/C11H12ClF3N2O/c1-10(9(16)18,17-6-11(13,14)15)7-4-2-3-5-8(7)12/h2-5,17H,6H2,1H3,(H2,16,18). The molecule has 0 fully saturated rings. The van der Waals surface area contributed by atoms with Gasteiger partial charge in [0.2, 0.25) is 5.91 Å². The first kappa shape index (κ1) is 14.8. The SMILES string of the molecule is CC(NCC(F)(F)F)(C(N)=O)c1ccccc1Cl. The van der Waals surface area contributed by atoms with Crippen LogP contribution in [0.1, 0.15) is 12.5 Å². The summed E-state index contributed by atoms with van der Waals surface area (Å²) in [4.78, 5) is 11.4. The zero-order chi connectivity index (χ0) is 14.0. The number of amides is 1. The Hall–Kier alpha value is -1.27. The van der Waals surface area contributed by atoms with Crippen molar-refractivity contribution in [3.8, 4) is 0 Å². The molecular formula is C11H12ClF3N2O. The molecule has 0 aliphatic carbocycles. The van der Waals surface area contributed by atoms with Crippen LogP contribution in [0.25, 0.3) is 0 Å². The van der Waals surface area contributed by atoms with Crippen LogP contribution in [0.4, 0.5) is 13.2 Å². The number of halogens is 4. The molecule has 1 amide bonds. The summed E-state index contributed by atoms with van der Waals surface area (Å²) in [7, 11) is 0. The first-order valence-electron chi connectivity index (χ1n) is 5.03. The second kappa shape index (κ2) is 5.16. The maximum absolute atomic E-state index is 12.2. The van der Waals surface area contributed by atoms with E-state index in [1.54, 1.807) is 12.1 Å². The van der Waals surface area contributed by atoms with Gasteiger partial charge >= 0.3 is 6.18 Å².